The molecule has 32 heavy (non-hydrogen) atoms. The molecule has 0 amide bonds. The van der Waals surface area contributed by atoms with Crippen LogP contribution in [-0.4, -0.2) is 28.6 Å². The Bertz CT molecular complexity index is 1330. The first-order valence-electron chi connectivity index (χ1n) is 9.95. The first kappa shape index (κ1) is 22.4. The highest BCUT2D eigenvalue weighted by Crippen LogP contribution is 2.37. The van der Waals surface area contributed by atoms with E-state index in [1.54, 1.807) is 31.5 Å². The zero-order chi connectivity index (χ0) is 23.0. The van der Waals surface area contributed by atoms with Crippen LogP contribution in [0.5, 0.6) is 11.5 Å². The van der Waals surface area contributed by atoms with Crippen LogP contribution in [-0.2, 0) is 16.1 Å². The number of nitrogens with zero attached hydrogens (tertiary/aromatic N) is 1. The molecule has 0 aliphatic carbocycles. The smallest absolute Gasteiger partial charge is 0.357 e. The van der Waals surface area contributed by atoms with E-state index in [0.717, 1.165) is 21.8 Å². The minimum Gasteiger partial charge on any atom is -0.456 e. The van der Waals surface area contributed by atoms with Crippen molar-refractivity contribution in [2.45, 2.75) is 33.0 Å². The standard InChI is InChI=1S/C24H22Cl2N2O4/c1-24(2,3)32-23(29)22-15(12-30-4)20-14-10-13(8-9-17(14)28-18(20)11-27-22)31-19-7-5-6-16(25)21(19)26/h5-11,28H,12H2,1-4H3. The number of aromatic nitrogens is 2. The van der Waals surface area contributed by atoms with Crippen molar-refractivity contribution in [2.24, 2.45) is 0 Å². The van der Waals surface area contributed by atoms with Crippen LogP contribution in [0, 0.1) is 0 Å². The number of pyridine rings is 1. The van der Waals surface area contributed by atoms with Crippen molar-refractivity contribution in [3.63, 3.8) is 0 Å². The SMILES string of the molecule is COCc1c(C(=O)OC(C)(C)C)ncc2[nH]c3ccc(Oc4cccc(Cl)c4Cl)cc3c12. The number of hydrogen-bond donors (Lipinski definition) is 1. The summed E-state index contributed by atoms with van der Waals surface area (Å²) < 4.78 is 17.0. The highest BCUT2D eigenvalue weighted by Gasteiger charge is 2.24. The van der Waals surface area contributed by atoms with E-state index in [9.17, 15) is 4.79 Å². The number of hydrogen-bond acceptors (Lipinski definition) is 5. The molecule has 0 fully saturated rings. The summed E-state index contributed by atoms with van der Waals surface area (Å²) in [6.45, 7) is 5.64. The molecular formula is C24H22Cl2N2O4. The minimum atomic E-state index is -0.643. The Labute approximate surface area is 195 Å². The zero-order valence-electron chi connectivity index (χ0n) is 18.1. The molecule has 0 saturated heterocycles. The lowest BCUT2D eigenvalue weighted by Crippen LogP contribution is -2.25. The fraction of sp³-hybridized carbons (Fsp3) is 0.250. The Morgan fingerprint density at radius 3 is 2.62 bits per heavy atom. The highest BCUT2D eigenvalue weighted by atomic mass is 35.5. The van der Waals surface area contributed by atoms with Crippen molar-refractivity contribution < 1.29 is 19.0 Å². The van der Waals surface area contributed by atoms with Gasteiger partial charge < -0.3 is 19.2 Å². The third kappa shape index (κ3) is 4.39. The summed E-state index contributed by atoms with van der Waals surface area (Å²) in [5, 5.41) is 2.42. The Balaban J connectivity index is 1.86. The van der Waals surface area contributed by atoms with Gasteiger partial charge in [-0.1, -0.05) is 29.3 Å². The maximum absolute atomic E-state index is 12.8. The second-order valence-corrected chi connectivity index (χ2v) is 9.08. The summed E-state index contributed by atoms with van der Waals surface area (Å²) >= 11 is 12.4. The maximum atomic E-state index is 12.8. The number of aromatic amines is 1. The van der Waals surface area contributed by atoms with Crippen LogP contribution in [0.1, 0.15) is 36.8 Å². The van der Waals surface area contributed by atoms with Crippen LogP contribution in [0.3, 0.4) is 0 Å². The molecule has 0 aliphatic rings. The summed E-state index contributed by atoms with van der Waals surface area (Å²) in [6.07, 6.45) is 1.63. The molecule has 0 saturated carbocycles. The van der Waals surface area contributed by atoms with Gasteiger partial charge in [-0.25, -0.2) is 9.78 Å². The number of carbonyl (C=O) groups excluding carboxylic acids is 1. The number of halogens is 2. The molecule has 0 radical (unpaired) electrons. The predicted molar refractivity (Wildman–Crippen MR) is 126 cm³/mol. The Kier molecular flexibility index (Phi) is 6.03. The van der Waals surface area contributed by atoms with Gasteiger partial charge in [0.25, 0.3) is 0 Å². The van der Waals surface area contributed by atoms with E-state index in [-0.39, 0.29) is 12.3 Å². The molecule has 8 heteroatoms. The first-order chi connectivity index (χ1) is 15.2. The van der Waals surface area contributed by atoms with Gasteiger partial charge >= 0.3 is 5.97 Å². The molecule has 0 unspecified atom stereocenters. The molecule has 4 rings (SSSR count). The quantitative estimate of drug-likeness (QED) is 0.319. The predicted octanol–water partition coefficient (Wildman–Crippen LogP) is 6.92. The Morgan fingerprint density at radius 2 is 1.91 bits per heavy atom. The summed E-state index contributed by atoms with van der Waals surface area (Å²) in [5.41, 5.74) is 1.86. The molecule has 166 valence electrons. The van der Waals surface area contributed by atoms with Crippen molar-refractivity contribution in [2.75, 3.05) is 7.11 Å². The van der Waals surface area contributed by atoms with Gasteiger partial charge in [-0.05, 0) is 51.1 Å². The molecule has 6 nitrogen and oxygen atoms in total. The van der Waals surface area contributed by atoms with Gasteiger partial charge in [-0.2, -0.15) is 0 Å². The van der Waals surface area contributed by atoms with E-state index in [0.29, 0.717) is 27.1 Å². The summed E-state index contributed by atoms with van der Waals surface area (Å²) in [4.78, 5) is 20.5. The van der Waals surface area contributed by atoms with E-state index >= 15 is 0 Å². The fourth-order valence-corrected chi connectivity index (χ4v) is 3.81. The zero-order valence-corrected chi connectivity index (χ0v) is 19.6. The Hall–Kier alpha value is -2.80. The number of benzene rings is 2. The summed E-state index contributed by atoms with van der Waals surface area (Å²) in [5.74, 6) is 0.520. The fourth-order valence-electron chi connectivity index (χ4n) is 3.48. The average Bonchev–Trinajstić information content (AvgIpc) is 3.09. The second-order valence-electron chi connectivity index (χ2n) is 8.30. The number of methoxy groups -OCH3 is 1. The topological polar surface area (TPSA) is 73.4 Å². The molecule has 0 aliphatic heterocycles. The number of ether oxygens (including phenoxy) is 3. The van der Waals surface area contributed by atoms with E-state index in [1.807, 2.05) is 39.0 Å². The van der Waals surface area contributed by atoms with Gasteiger partial charge in [0.2, 0.25) is 0 Å². The maximum Gasteiger partial charge on any atom is 0.357 e. The van der Waals surface area contributed by atoms with Gasteiger partial charge in [0.1, 0.15) is 22.1 Å². The number of esters is 1. The monoisotopic (exact) mass is 472 g/mol. The lowest BCUT2D eigenvalue weighted by molar-refractivity contribution is 0.00593. The highest BCUT2D eigenvalue weighted by molar-refractivity contribution is 6.42. The average molecular weight is 473 g/mol. The van der Waals surface area contributed by atoms with Gasteiger partial charge in [-0.3, -0.25) is 0 Å². The largest absolute Gasteiger partial charge is 0.456 e. The van der Waals surface area contributed by atoms with Crippen LogP contribution >= 0.6 is 23.2 Å². The van der Waals surface area contributed by atoms with Gasteiger partial charge in [0, 0.05) is 29.0 Å². The van der Waals surface area contributed by atoms with Gasteiger partial charge in [-0.15, -0.1) is 0 Å². The normalized spacial score (nSPS) is 11.8. The Morgan fingerprint density at radius 1 is 1.12 bits per heavy atom. The molecule has 2 aromatic carbocycles. The van der Waals surface area contributed by atoms with Crippen LogP contribution < -0.4 is 4.74 Å². The van der Waals surface area contributed by atoms with Crippen LogP contribution in [0.4, 0.5) is 0 Å². The first-order valence-corrected chi connectivity index (χ1v) is 10.7. The van der Waals surface area contributed by atoms with E-state index in [2.05, 4.69) is 9.97 Å². The molecule has 4 aromatic rings. The molecule has 0 atom stereocenters. The van der Waals surface area contributed by atoms with Gasteiger partial charge in [0.15, 0.2) is 5.69 Å². The van der Waals surface area contributed by atoms with Crippen LogP contribution in [0.15, 0.2) is 42.6 Å². The molecule has 2 aromatic heterocycles. The van der Waals surface area contributed by atoms with Crippen molar-refractivity contribution in [1.82, 2.24) is 9.97 Å². The van der Waals surface area contributed by atoms with Gasteiger partial charge in [0.05, 0.1) is 23.3 Å². The van der Waals surface area contributed by atoms with Crippen molar-refractivity contribution in [3.8, 4) is 11.5 Å². The molecular weight excluding hydrogens is 451 g/mol. The van der Waals surface area contributed by atoms with Crippen molar-refractivity contribution >= 4 is 51.0 Å². The van der Waals surface area contributed by atoms with E-state index < -0.39 is 11.6 Å². The lowest BCUT2D eigenvalue weighted by Gasteiger charge is -2.20. The number of fused-ring (bicyclic) bond motifs is 3. The third-order valence-corrected chi connectivity index (χ3v) is 5.54. The number of H-pyrrole nitrogens is 1. The molecule has 1 N–H and O–H groups in total. The number of nitrogens with one attached hydrogen (secondary N) is 1. The minimum absolute atomic E-state index is 0.192. The summed E-state index contributed by atoms with van der Waals surface area (Å²) in [7, 11) is 1.57. The van der Waals surface area contributed by atoms with Crippen molar-refractivity contribution in [1.29, 1.82) is 0 Å². The van der Waals surface area contributed by atoms with Crippen LogP contribution in [0.25, 0.3) is 21.8 Å². The molecule has 0 spiro atoms. The molecule has 0 bridgehead atoms. The molecule has 2 heterocycles. The van der Waals surface area contributed by atoms with E-state index in [4.69, 9.17) is 37.4 Å². The lowest BCUT2D eigenvalue weighted by atomic mass is 10.1. The van der Waals surface area contributed by atoms with Crippen molar-refractivity contribution in [3.05, 3.63) is 63.9 Å². The number of carbonyl (C=O) groups is 1. The van der Waals surface area contributed by atoms with E-state index in [1.165, 1.54) is 0 Å². The van der Waals surface area contributed by atoms with Crippen LogP contribution in [0.2, 0.25) is 10.0 Å². The number of rotatable bonds is 5. The summed E-state index contributed by atoms with van der Waals surface area (Å²) in [6, 6.07) is 10.8. The second kappa shape index (κ2) is 8.62. The third-order valence-electron chi connectivity index (χ3n) is 4.73.